The van der Waals surface area contributed by atoms with Crippen molar-refractivity contribution in [3.05, 3.63) is 95.8 Å². The number of morpholine rings is 1. The smallest absolute Gasteiger partial charge is 0.255 e. The zero-order chi connectivity index (χ0) is 24.5. The summed E-state index contributed by atoms with van der Waals surface area (Å²) in [4.78, 5) is 27.0. The molecule has 6 nitrogen and oxygen atoms in total. The summed E-state index contributed by atoms with van der Waals surface area (Å²) in [7, 11) is 0. The van der Waals surface area contributed by atoms with Crippen LogP contribution >= 0.6 is 0 Å². The van der Waals surface area contributed by atoms with Crippen molar-refractivity contribution in [2.45, 2.75) is 25.4 Å². The molecule has 1 N–H and O–H groups in total. The van der Waals surface area contributed by atoms with E-state index in [1.165, 1.54) is 24.3 Å². The number of carbonyl (C=O) groups excluding carboxylic acids is 2. The first-order valence-corrected chi connectivity index (χ1v) is 11.8. The lowest BCUT2D eigenvalue weighted by Gasteiger charge is -2.32. The molecule has 1 atom stereocenters. The van der Waals surface area contributed by atoms with Crippen molar-refractivity contribution in [1.29, 1.82) is 0 Å². The van der Waals surface area contributed by atoms with Crippen LogP contribution in [-0.4, -0.2) is 49.1 Å². The van der Waals surface area contributed by atoms with E-state index >= 15 is 0 Å². The molecule has 1 saturated heterocycles. The highest BCUT2D eigenvalue weighted by atomic mass is 19.1. The topological polar surface area (TPSA) is 67.9 Å². The molecule has 1 fully saturated rings. The molecule has 1 aliphatic rings. The normalized spacial score (nSPS) is 16.0. The van der Waals surface area contributed by atoms with E-state index in [-0.39, 0.29) is 23.6 Å². The van der Waals surface area contributed by atoms with Gasteiger partial charge >= 0.3 is 0 Å². The molecule has 182 valence electrons. The predicted molar refractivity (Wildman–Crippen MR) is 132 cm³/mol. The van der Waals surface area contributed by atoms with Crippen molar-refractivity contribution in [2.75, 3.05) is 31.7 Å². The van der Waals surface area contributed by atoms with Crippen LogP contribution in [-0.2, 0) is 4.74 Å². The van der Waals surface area contributed by atoms with Crippen LogP contribution in [0.1, 0.15) is 40.0 Å². The van der Waals surface area contributed by atoms with Gasteiger partial charge in [0.15, 0.2) is 5.78 Å². The standard InChI is InChI=1S/C28H29FN2O4/c29-23-15-13-21(14-16-23)26(32)11-6-9-24-19-31(17-18-34-24)20-35-27-12-5-4-10-25(27)30-28(33)22-7-2-1-3-8-22/h1-5,7-8,10,12-16,24H,6,9,11,17-20H2,(H,30,33). The van der Waals surface area contributed by atoms with Crippen LogP contribution in [0.3, 0.4) is 0 Å². The molecule has 0 saturated carbocycles. The fourth-order valence-corrected chi connectivity index (χ4v) is 3.98. The first-order chi connectivity index (χ1) is 17.1. The van der Waals surface area contributed by atoms with Crippen molar-refractivity contribution < 1.29 is 23.5 Å². The summed E-state index contributed by atoms with van der Waals surface area (Å²) in [6.45, 7) is 2.39. The van der Waals surface area contributed by atoms with E-state index in [0.717, 1.165) is 13.0 Å². The van der Waals surface area contributed by atoms with Gasteiger partial charge in [0, 0.05) is 30.6 Å². The van der Waals surface area contributed by atoms with Crippen LogP contribution in [0.15, 0.2) is 78.9 Å². The maximum atomic E-state index is 13.0. The second-order valence-electron chi connectivity index (χ2n) is 8.48. The van der Waals surface area contributed by atoms with E-state index in [2.05, 4.69) is 10.2 Å². The number of hydrogen-bond donors (Lipinski definition) is 1. The van der Waals surface area contributed by atoms with Gasteiger partial charge in [0.25, 0.3) is 5.91 Å². The van der Waals surface area contributed by atoms with Gasteiger partial charge in [0.2, 0.25) is 0 Å². The summed E-state index contributed by atoms with van der Waals surface area (Å²) in [5.41, 5.74) is 1.73. The van der Waals surface area contributed by atoms with E-state index < -0.39 is 0 Å². The Labute approximate surface area is 204 Å². The molecule has 7 heteroatoms. The molecule has 3 aromatic rings. The highest BCUT2D eigenvalue weighted by molar-refractivity contribution is 6.05. The van der Waals surface area contributed by atoms with Gasteiger partial charge in [0.1, 0.15) is 18.3 Å². The third kappa shape index (κ3) is 7.21. The van der Waals surface area contributed by atoms with Crippen LogP contribution in [0.25, 0.3) is 0 Å². The molecule has 0 spiro atoms. The van der Waals surface area contributed by atoms with E-state index in [4.69, 9.17) is 9.47 Å². The molecule has 1 unspecified atom stereocenters. The lowest BCUT2D eigenvalue weighted by Crippen LogP contribution is -2.44. The summed E-state index contributed by atoms with van der Waals surface area (Å²) < 4.78 is 25.0. The second-order valence-corrected chi connectivity index (χ2v) is 8.48. The van der Waals surface area contributed by atoms with Crippen molar-refractivity contribution in [2.24, 2.45) is 0 Å². The Bertz CT molecular complexity index is 1120. The van der Waals surface area contributed by atoms with E-state index in [1.807, 2.05) is 42.5 Å². The van der Waals surface area contributed by atoms with Gasteiger partial charge in [0.05, 0.1) is 18.4 Å². The number of rotatable bonds is 10. The Balaban J connectivity index is 1.24. The average Bonchev–Trinajstić information content (AvgIpc) is 2.89. The molecule has 0 aromatic heterocycles. The number of amides is 1. The molecular weight excluding hydrogens is 447 g/mol. The molecule has 1 aliphatic heterocycles. The molecule has 4 rings (SSSR count). The number of para-hydroxylation sites is 2. The van der Waals surface area contributed by atoms with Gasteiger partial charge in [-0.1, -0.05) is 30.3 Å². The van der Waals surface area contributed by atoms with Crippen LogP contribution in [0.5, 0.6) is 5.75 Å². The number of hydrogen-bond acceptors (Lipinski definition) is 5. The number of anilines is 1. The fraction of sp³-hybridized carbons (Fsp3) is 0.286. The Morgan fingerprint density at radius 1 is 0.971 bits per heavy atom. The van der Waals surface area contributed by atoms with Gasteiger partial charge in [-0.15, -0.1) is 0 Å². The number of nitrogens with one attached hydrogen (secondary N) is 1. The Morgan fingerprint density at radius 3 is 2.51 bits per heavy atom. The molecule has 1 amide bonds. The molecule has 3 aromatic carbocycles. The number of ketones is 1. The van der Waals surface area contributed by atoms with Crippen molar-refractivity contribution in [1.82, 2.24) is 4.90 Å². The highest BCUT2D eigenvalue weighted by Gasteiger charge is 2.21. The van der Waals surface area contributed by atoms with Crippen LogP contribution < -0.4 is 10.1 Å². The number of halogens is 1. The minimum Gasteiger partial charge on any atom is -0.476 e. The first kappa shape index (κ1) is 24.6. The molecular formula is C28H29FN2O4. The predicted octanol–water partition coefficient (Wildman–Crippen LogP) is 5.17. The van der Waals surface area contributed by atoms with Crippen LogP contribution in [0.2, 0.25) is 0 Å². The maximum absolute atomic E-state index is 13.0. The lowest BCUT2D eigenvalue weighted by molar-refractivity contribution is -0.0531. The zero-order valence-electron chi connectivity index (χ0n) is 19.5. The SMILES string of the molecule is O=C(CCCC1CN(COc2ccccc2NC(=O)c2ccccc2)CCO1)c1ccc(F)cc1. The number of benzene rings is 3. The zero-order valence-corrected chi connectivity index (χ0v) is 19.5. The van der Waals surface area contributed by atoms with Crippen molar-refractivity contribution in [3.63, 3.8) is 0 Å². The minimum atomic E-state index is -0.347. The second kappa shape index (κ2) is 12.2. The summed E-state index contributed by atoms with van der Waals surface area (Å²) in [6.07, 6.45) is 1.87. The van der Waals surface area contributed by atoms with Gasteiger partial charge < -0.3 is 14.8 Å². The van der Waals surface area contributed by atoms with Gasteiger partial charge in [-0.3, -0.25) is 14.5 Å². The number of ether oxygens (including phenoxy) is 2. The van der Waals surface area contributed by atoms with Crippen molar-refractivity contribution >= 4 is 17.4 Å². The molecule has 1 heterocycles. The molecule has 0 aliphatic carbocycles. The lowest BCUT2D eigenvalue weighted by atomic mass is 10.0. The number of Topliss-reactive ketones (excluding diaryl/α,β-unsaturated/α-hetero) is 1. The minimum absolute atomic E-state index is 0.00940. The fourth-order valence-electron chi connectivity index (χ4n) is 3.98. The Hall–Kier alpha value is -3.55. The number of carbonyl (C=O) groups is 2. The maximum Gasteiger partial charge on any atom is 0.255 e. The molecule has 0 bridgehead atoms. The Morgan fingerprint density at radius 2 is 1.71 bits per heavy atom. The van der Waals surface area contributed by atoms with E-state index in [9.17, 15) is 14.0 Å². The monoisotopic (exact) mass is 476 g/mol. The highest BCUT2D eigenvalue weighted by Crippen LogP contribution is 2.25. The van der Waals surface area contributed by atoms with E-state index in [0.29, 0.717) is 55.3 Å². The Kier molecular flexibility index (Phi) is 8.59. The summed E-state index contributed by atoms with van der Waals surface area (Å²) in [6, 6.07) is 22.1. The van der Waals surface area contributed by atoms with Crippen LogP contribution in [0.4, 0.5) is 10.1 Å². The van der Waals surface area contributed by atoms with Crippen molar-refractivity contribution in [3.8, 4) is 5.75 Å². The third-order valence-electron chi connectivity index (χ3n) is 5.89. The van der Waals surface area contributed by atoms with Gasteiger partial charge in [-0.2, -0.15) is 0 Å². The first-order valence-electron chi connectivity index (χ1n) is 11.8. The number of nitrogens with zero attached hydrogens (tertiary/aromatic N) is 1. The van der Waals surface area contributed by atoms with Gasteiger partial charge in [-0.05, 0) is 61.4 Å². The largest absolute Gasteiger partial charge is 0.476 e. The summed E-state index contributed by atoms with van der Waals surface area (Å²) in [5.74, 6) is 0.0730. The van der Waals surface area contributed by atoms with E-state index in [1.54, 1.807) is 12.1 Å². The molecule has 35 heavy (non-hydrogen) atoms. The summed E-state index contributed by atoms with van der Waals surface area (Å²) >= 11 is 0. The quantitative estimate of drug-likeness (QED) is 0.409. The average molecular weight is 477 g/mol. The summed E-state index contributed by atoms with van der Waals surface area (Å²) in [5, 5.41) is 2.92. The van der Waals surface area contributed by atoms with Gasteiger partial charge in [-0.25, -0.2) is 4.39 Å². The molecule has 0 radical (unpaired) electrons. The third-order valence-corrected chi connectivity index (χ3v) is 5.89. The van der Waals surface area contributed by atoms with Crippen LogP contribution in [0, 0.1) is 5.82 Å².